The van der Waals surface area contributed by atoms with Gasteiger partial charge in [0.1, 0.15) is 11.6 Å². The third kappa shape index (κ3) is 3.48. The van der Waals surface area contributed by atoms with Gasteiger partial charge in [-0.25, -0.2) is 4.98 Å². The van der Waals surface area contributed by atoms with Crippen LogP contribution in [0.3, 0.4) is 0 Å². The molecule has 0 saturated carbocycles. The zero-order valence-corrected chi connectivity index (χ0v) is 10.9. The first-order chi connectivity index (χ1) is 9.19. The van der Waals surface area contributed by atoms with Crippen LogP contribution >= 0.6 is 0 Å². The molecule has 1 amide bonds. The Kier molecular flexibility index (Phi) is 4.02. The van der Waals surface area contributed by atoms with Gasteiger partial charge in [-0.3, -0.25) is 4.79 Å². The Labute approximate surface area is 111 Å². The lowest BCUT2D eigenvalue weighted by Crippen LogP contribution is -2.08. The fourth-order valence-corrected chi connectivity index (χ4v) is 1.67. The standard InChI is InChI=1S/C13H16N4O2/c1-9(18)17-11-4-3-10(7-12(11)19-2)16-8-13-14-5-6-15-13/h3-7,16H,8H2,1-2H3,(H,14,15)(H,17,18). The van der Waals surface area contributed by atoms with E-state index in [1.165, 1.54) is 6.92 Å². The quantitative estimate of drug-likeness (QED) is 0.768. The van der Waals surface area contributed by atoms with Gasteiger partial charge in [0, 0.05) is 31.1 Å². The number of rotatable bonds is 5. The molecule has 1 aromatic heterocycles. The summed E-state index contributed by atoms with van der Waals surface area (Å²) in [5.41, 5.74) is 1.54. The van der Waals surface area contributed by atoms with Crippen LogP contribution in [0, 0.1) is 0 Å². The van der Waals surface area contributed by atoms with Crippen molar-refractivity contribution in [1.29, 1.82) is 0 Å². The molecule has 0 unspecified atom stereocenters. The molecule has 0 spiro atoms. The Morgan fingerprint density at radius 2 is 2.32 bits per heavy atom. The topological polar surface area (TPSA) is 79.0 Å². The van der Waals surface area contributed by atoms with Crippen LogP contribution in [0.5, 0.6) is 5.75 Å². The molecule has 0 aliphatic heterocycles. The summed E-state index contributed by atoms with van der Waals surface area (Å²) in [5, 5.41) is 5.93. The summed E-state index contributed by atoms with van der Waals surface area (Å²) in [5.74, 6) is 1.33. The number of H-pyrrole nitrogens is 1. The molecular formula is C13H16N4O2. The predicted octanol–water partition coefficient (Wildman–Crippen LogP) is 1.99. The number of aromatic nitrogens is 2. The Morgan fingerprint density at radius 3 is 2.95 bits per heavy atom. The number of imidazole rings is 1. The molecule has 19 heavy (non-hydrogen) atoms. The van der Waals surface area contributed by atoms with E-state index in [1.54, 1.807) is 25.6 Å². The third-order valence-corrected chi connectivity index (χ3v) is 2.53. The first-order valence-corrected chi connectivity index (χ1v) is 5.87. The van der Waals surface area contributed by atoms with E-state index in [4.69, 9.17) is 4.74 Å². The number of hydrogen-bond acceptors (Lipinski definition) is 4. The van der Waals surface area contributed by atoms with E-state index in [-0.39, 0.29) is 5.91 Å². The Hall–Kier alpha value is -2.50. The maximum absolute atomic E-state index is 11.1. The Morgan fingerprint density at radius 1 is 1.47 bits per heavy atom. The lowest BCUT2D eigenvalue weighted by atomic mass is 10.2. The van der Waals surface area contributed by atoms with Crippen LogP contribution in [0.15, 0.2) is 30.6 Å². The Bertz CT molecular complexity index is 552. The van der Waals surface area contributed by atoms with Gasteiger partial charge in [0.05, 0.1) is 19.3 Å². The second-order valence-electron chi connectivity index (χ2n) is 3.99. The van der Waals surface area contributed by atoms with Crippen molar-refractivity contribution in [3.05, 3.63) is 36.4 Å². The maximum Gasteiger partial charge on any atom is 0.221 e. The SMILES string of the molecule is COc1cc(NCc2ncc[nH]2)ccc1NC(C)=O. The number of anilines is 2. The van der Waals surface area contributed by atoms with Gasteiger partial charge in [-0.15, -0.1) is 0 Å². The van der Waals surface area contributed by atoms with Crippen molar-refractivity contribution in [3.8, 4) is 5.75 Å². The van der Waals surface area contributed by atoms with Crippen molar-refractivity contribution < 1.29 is 9.53 Å². The van der Waals surface area contributed by atoms with Crippen molar-refractivity contribution in [2.24, 2.45) is 0 Å². The molecule has 1 heterocycles. The smallest absolute Gasteiger partial charge is 0.221 e. The minimum Gasteiger partial charge on any atom is -0.494 e. The molecular weight excluding hydrogens is 244 g/mol. The molecule has 6 heteroatoms. The van der Waals surface area contributed by atoms with E-state index in [0.717, 1.165) is 11.5 Å². The monoisotopic (exact) mass is 260 g/mol. The molecule has 6 nitrogen and oxygen atoms in total. The number of methoxy groups -OCH3 is 1. The first-order valence-electron chi connectivity index (χ1n) is 5.87. The largest absolute Gasteiger partial charge is 0.494 e. The van der Waals surface area contributed by atoms with Crippen LogP contribution in [0.4, 0.5) is 11.4 Å². The fourth-order valence-electron chi connectivity index (χ4n) is 1.67. The van der Waals surface area contributed by atoms with Gasteiger partial charge in [0.25, 0.3) is 0 Å². The molecule has 0 aliphatic rings. The normalized spacial score (nSPS) is 10.0. The maximum atomic E-state index is 11.1. The van der Waals surface area contributed by atoms with Crippen molar-refractivity contribution >= 4 is 17.3 Å². The van der Waals surface area contributed by atoms with Gasteiger partial charge >= 0.3 is 0 Å². The summed E-state index contributed by atoms with van der Waals surface area (Å²) in [4.78, 5) is 18.2. The summed E-state index contributed by atoms with van der Waals surface area (Å²) >= 11 is 0. The highest BCUT2D eigenvalue weighted by Gasteiger charge is 2.06. The van der Waals surface area contributed by atoms with E-state index in [2.05, 4.69) is 20.6 Å². The molecule has 0 fully saturated rings. The number of aromatic amines is 1. The zero-order chi connectivity index (χ0) is 13.7. The minimum absolute atomic E-state index is 0.130. The van der Waals surface area contributed by atoms with Crippen molar-refractivity contribution in [1.82, 2.24) is 9.97 Å². The van der Waals surface area contributed by atoms with Gasteiger partial charge in [-0.2, -0.15) is 0 Å². The van der Waals surface area contributed by atoms with Crippen molar-refractivity contribution in [2.75, 3.05) is 17.7 Å². The number of nitrogens with one attached hydrogen (secondary N) is 3. The van der Waals surface area contributed by atoms with Gasteiger partial charge in [0.15, 0.2) is 0 Å². The van der Waals surface area contributed by atoms with E-state index in [1.807, 2.05) is 12.1 Å². The van der Waals surface area contributed by atoms with Crippen molar-refractivity contribution in [2.45, 2.75) is 13.5 Å². The average molecular weight is 260 g/mol. The highest BCUT2D eigenvalue weighted by Crippen LogP contribution is 2.28. The molecule has 0 atom stereocenters. The number of benzene rings is 1. The van der Waals surface area contributed by atoms with Gasteiger partial charge in [0.2, 0.25) is 5.91 Å². The summed E-state index contributed by atoms with van der Waals surface area (Å²) in [6.07, 6.45) is 3.48. The van der Waals surface area contributed by atoms with Gasteiger partial charge in [-0.05, 0) is 12.1 Å². The second-order valence-corrected chi connectivity index (χ2v) is 3.99. The summed E-state index contributed by atoms with van der Waals surface area (Å²) in [6, 6.07) is 5.50. The molecule has 1 aromatic carbocycles. The number of carbonyl (C=O) groups is 1. The molecule has 100 valence electrons. The van der Waals surface area contributed by atoms with Crippen LogP contribution in [-0.2, 0) is 11.3 Å². The van der Waals surface area contributed by atoms with Crippen LogP contribution in [-0.4, -0.2) is 23.0 Å². The summed E-state index contributed by atoms with van der Waals surface area (Å²) in [7, 11) is 1.57. The number of nitrogens with zero attached hydrogens (tertiary/aromatic N) is 1. The molecule has 0 saturated heterocycles. The molecule has 2 aromatic rings. The molecule has 0 aliphatic carbocycles. The third-order valence-electron chi connectivity index (χ3n) is 2.53. The zero-order valence-electron chi connectivity index (χ0n) is 10.9. The first kappa shape index (κ1) is 12.9. The fraction of sp³-hybridized carbons (Fsp3) is 0.231. The summed E-state index contributed by atoms with van der Waals surface area (Å²) in [6.45, 7) is 2.05. The molecule has 2 rings (SSSR count). The number of amides is 1. The van der Waals surface area contributed by atoms with Crippen LogP contribution in [0.1, 0.15) is 12.7 Å². The molecule has 0 radical (unpaired) electrons. The van der Waals surface area contributed by atoms with Crippen molar-refractivity contribution in [3.63, 3.8) is 0 Å². The second kappa shape index (κ2) is 5.90. The molecule has 3 N–H and O–H groups in total. The number of carbonyl (C=O) groups excluding carboxylic acids is 1. The Balaban J connectivity index is 2.07. The minimum atomic E-state index is -0.130. The highest BCUT2D eigenvalue weighted by atomic mass is 16.5. The lowest BCUT2D eigenvalue weighted by molar-refractivity contribution is -0.114. The van der Waals surface area contributed by atoms with Crippen LogP contribution in [0.25, 0.3) is 0 Å². The molecule has 0 bridgehead atoms. The van der Waals surface area contributed by atoms with E-state index < -0.39 is 0 Å². The van der Waals surface area contributed by atoms with Crippen LogP contribution in [0.2, 0.25) is 0 Å². The predicted molar refractivity (Wildman–Crippen MR) is 73.2 cm³/mol. The van der Waals surface area contributed by atoms with Gasteiger partial charge < -0.3 is 20.4 Å². The average Bonchev–Trinajstić information content (AvgIpc) is 2.90. The highest BCUT2D eigenvalue weighted by molar-refractivity contribution is 5.90. The number of ether oxygens (including phenoxy) is 1. The van der Waals surface area contributed by atoms with E-state index in [9.17, 15) is 4.79 Å². The summed E-state index contributed by atoms with van der Waals surface area (Å²) < 4.78 is 5.25. The van der Waals surface area contributed by atoms with E-state index in [0.29, 0.717) is 18.0 Å². The number of hydrogen-bond donors (Lipinski definition) is 3. The van der Waals surface area contributed by atoms with Gasteiger partial charge in [-0.1, -0.05) is 0 Å². The van der Waals surface area contributed by atoms with E-state index >= 15 is 0 Å². The lowest BCUT2D eigenvalue weighted by Gasteiger charge is -2.11. The van der Waals surface area contributed by atoms with Crippen LogP contribution < -0.4 is 15.4 Å².